The zero-order valence-corrected chi connectivity index (χ0v) is 14.5. The molecule has 0 aliphatic carbocycles. The molecule has 1 atom stereocenters. The van der Waals surface area contributed by atoms with E-state index in [4.69, 9.17) is 0 Å². The molecule has 2 aromatic carbocycles. The normalized spacial score (nSPS) is 12.4. The minimum atomic E-state index is -0.552. The van der Waals surface area contributed by atoms with Gasteiger partial charge in [-0.1, -0.05) is 22.0 Å². The molecule has 2 rings (SSSR count). The molecule has 0 fully saturated rings. The van der Waals surface area contributed by atoms with E-state index in [2.05, 4.69) is 43.8 Å². The Hall–Kier alpha value is -0.530. The summed E-state index contributed by atoms with van der Waals surface area (Å²) in [6.07, 6.45) is 0.467. The van der Waals surface area contributed by atoms with Gasteiger partial charge in [0.05, 0.1) is 0 Å². The molecule has 0 saturated carbocycles. The Bertz CT molecular complexity index is 619. The minimum Gasteiger partial charge on any atom is -0.313 e. The molecule has 0 saturated heterocycles. The Morgan fingerprint density at radius 2 is 1.95 bits per heavy atom. The second-order valence-electron chi connectivity index (χ2n) is 4.45. The Morgan fingerprint density at radius 1 is 1.20 bits per heavy atom. The van der Waals surface area contributed by atoms with Crippen molar-refractivity contribution in [2.24, 2.45) is 0 Å². The number of halogens is 4. The van der Waals surface area contributed by atoms with Crippen LogP contribution in [0.1, 0.15) is 17.2 Å². The number of hydrogen-bond donors (Lipinski definition) is 1. The quantitative estimate of drug-likeness (QED) is 0.656. The van der Waals surface area contributed by atoms with Gasteiger partial charge in [0.1, 0.15) is 11.6 Å². The zero-order chi connectivity index (χ0) is 14.7. The van der Waals surface area contributed by atoms with E-state index in [1.807, 2.05) is 25.2 Å². The van der Waals surface area contributed by atoms with Gasteiger partial charge in [-0.15, -0.1) is 0 Å². The standard InChI is InChI=1S/C15H13BrF2IN/c1-20-15(12-7-10(16)3-5-14(12)19)6-9-2-4-11(17)8-13(9)18/h2-5,7-8,15,20H,6H2,1H3. The van der Waals surface area contributed by atoms with E-state index in [9.17, 15) is 8.78 Å². The monoisotopic (exact) mass is 451 g/mol. The highest BCUT2D eigenvalue weighted by molar-refractivity contribution is 14.1. The zero-order valence-electron chi connectivity index (χ0n) is 10.8. The molecule has 0 aromatic heterocycles. The van der Waals surface area contributed by atoms with Crippen LogP contribution in [-0.4, -0.2) is 7.05 Å². The van der Waals surface area contributed by atoms with Crippen molar-refractivity contribution < 1.29 is 8.78 Å². The lowest BCUT2D eigenvalue weighted by Crippen LogP contribution is -2.20. The third-order valence-corrected chi connectivity index (χ3v) is 4.60. The van der Waals surface area contributed by atoms with Gasteiger partial charge >= 0.3 is 0 Å². The van der Waals surface area contributed by atoms with Crippen LogP contribution in [0.4, 0.5) is 8.78 Å². The maximum atomic E-state index is 13.8. The van der Waals surface area contributed by atoms with Crippen molar-refractivity contribution in [2.45, 2.75) is 12.5 Å². The number of hydrogen-bond acceptors (Lipinski definition) is 1. The van der Waals surface area contributed by atoms with E-state index in [0.717, 1.165) is 19.7 Å². The molecular formula is C15H13BrF2IN. The Labute approximate surface area is 139 Å². The second-order valence-corrected chi connectivity index (χ2v) is 6.52. The average molecular weight is 452 g/mol. The summed E-state index contributed by atoms with van der Waals surface area (Å²) in [6.45, 7) is 0. The molecule has 0 aliphatic rings. The topological polar surface area (TPSA) is 12.0 Å². The van der Waals surface area contributed by atoms with Gasteiger partial charge in [-0.3, -0.25) is 0 Å². The summed E-state index contributed by atoms with van der Waals surface area (Å²) < 4.78 is 28.8. The van der Waals surface area contributed by atoms with Crippen LogP contribution in [0.3, 0.4) is 0 Å². The van der Waals surface area contributed by atoms with E-state index in [1.54, 1.807) is 0 Å². The summed E-state index contributed by atoms with van der Waals surface area (Å²) in [5.74, 6) is -1.06. The molecule has 5 heteroatoms. The maximum Gasteiger partial charge on any atom is 0.129 e. The number of likely N-dealkylation sites (N-methyl/N-ethyl adjacent to an activating group) is 1. The highest BCUT2D eigenvalue weighted by atomic mass is 127. The highest BCUT2D eigenvalue weighted by Crippen LogP contribution is 2.27. The fraction of sp³-hybridized carbons (Fsp3) is 0.200. The van der Waals surface area contributed by atoms with Crippen LogP contribution in [0.25, 0.3) is 0 Å². The molecule has 0 bridgehead atoms. The van der Waals surface area contributed by atoms with E-state index in [-0.39, 0.29) is 6.04 Å². The highest BCUT2D eigenvalue weighted by Gasteiger charge is 2.16. The van der Waals surface area contributed by atoms with Crippen LogP contribution >= 0.6 is 38.5 Å². The Balaban J connectivity index is 2.31. The van der Waals surface area contributed by atoms with E-state index < -0.39 is 11.6 Å². The smallest absolute Gasteiger partial charge is 0.129 e. The molecule has 1 nitrogen and oxygen atoms in total. The van der Waals surface area contributed by atoms with Crippen molar-refractivity contribution in [2.75, 3.05) is 7.05 Å². The van der Waals surface area contributed by atoms with E-state index in [1.165, 1.54) is 12.1 Å². The molecule has 0 aliphatic heterocycles. The largest absolute Gasteiger partial charge is 0.313 e. The van der Waals surface area contributed by atoms with Crippen molar-refractivity contribution in [1.82, 2.24) is 5.32 Å². The third kappa shape index (κ3) is 3.77. The molecule has 20 heavy (non-hydrogen) atoms. The van der Waals surface area contributed by atoms with Crippen LogP contribution in [0.5, 0.6) is 0 Å². The lowest BCUT2D eigenvalue weighted by molar-refractivity contribution is 0.539. The molecule has 0 amide bonds. The average Bonchev–Trinajstić information content (AvgIpc) is 2.41. The van der Waals surface area contributed by atoms with Crippen molar-refractivity contribution >= 4 is 38.5 Å². The predicted octanol–water partition coefficient (Wildman–Crippen LogP) is 4.84. The SMILES string of the molecule is CNC(Cc1ccc(F)cc1F)c1cc(Br)ccc1I. The van der Waals surface area contributed by atoms with Gasteiger partial charge in [-0.2, -0.15) is 0 Å². The molecule has 0 radical (unpaired) electrons. The van der Waals surface area contributed by atoms with Crippen molar-refractivity contribution in [3.8, 4) is 0 Å². The number of benzene rings is 2. The Morgan fingerprint density at radius 3 is 2.60 bits per heavy atom. The summed E-state index contributed by atoms with van der Waals surface area (Å²) in [5, 5.41) is 3.19. The lowest BCUT2D eigenvalue weighted by atomic mass is 9.98. The summed E-state index contributed by atoms with van der Waals surface area (Å²) >= 11 is 5.71. The number of nitrogens with one attached hydrogen (secondary N) is 1. The molecule has 0 heterocycles. The summed E-state index contributed by atoms with van der Waals surface area (Å²) in [7, 11) is 1.84. The first-order valence-corrected chi connectivity index (χ1v) is 7.94. The molecule has 1 unspecified atom stereocenters. The van der Waals surface area contributed by atoms with Crippen LogP contribution in [0.15, 0.2) is 40.9 Å². The van der Waals surface area contributed by atoms with Gasteiger partial charge in [0.25, 0.3) is 0 Å². The molecule has 0 spiro atoms. The maximum absolute atomic E-state index is 13.8. The van der Waals surface area contributed by atoms with Gasteiger partial charge in [-0.25, -0.2) is 8.78 Å². The molecule has 1 N–H and O–H groups in total. The minimum absolute atomic E-state index is 0.0284. The first-order chi connectivity index (χ1) is 9.51. The van der Waals surface area contributed by atoms with E-state index in [0.29, 0.717) is 12.0 Å². The fourth-order valence-electron chi connectivity index (χ4n) is 2.06. The second kappa shape index (κ2) is 6.95. The molecule has 2 aromatic rings. The Kier molecular flexibility index (Phi) is 5.51. The third-order valence-electron chi connectivity index (χ3n) is 3.12. The number of rotatable bonds is 4. The predicted molar refractivity (Wildman–Crippen MR) is 88.7 cm³/mol. The van der Waals surface area contributed by atoms with Crippen LogP contribution in [0.2, 0.25) is 0 Å². The van der Waals surface area contributed by atoms with Gasteiger partial charge in [0, 0.05) is 20.2 Å². The van der Waals surface area contributed by atoms with Crippen molar-refractivity contribution in [3.05, 3.63) is 67.2 Å². The van der Waals surface area contributed by atoms with Crippen LogP contribution in [0, 0.1) is 15.2 Å². The fourth-order valence-corrected chi connectivity index (χ4v) is 3.15. The van der Waals surface area contributed by atoms with Gasteiger partial charge in [0.15, 0.2) is 0 Å². The first-order valence-electron chi connectivity index (χ1n) is 6.07. The van der Waals surface area contributed by atoms with Crippen molar-refractivity contribution in [1.29, 1.82) is 0 Å². The lowest BCUT2D eigenvalue weighted by Gasteiger charge is -2.19. The summed E-state index contributed by atoms with van der Waals surface area (Å²) in [4.78, 5) is 0. The van der Waals surface area contributed by atoms with Crippen molar-refractivity contribution in [3.63, 3.8) is 0 Å². The van der Waals surface area contributed by atoms with Crippen LogP contribution in [-0.2, 0) is 6.42 Å². The van der Waals surface area contributed by atoms with Crippen LogP contribution < -0.4 is 5.32 Å². The van der Waals surface area contributed by atoms with E-state index >= 15 is 0 Å². The summed E-state index contributed by atoms with van der Waals surface area (Å²) in [6, 6.07) is 9.68. The summed E-state index contributed by atoms with van der Waals surface area (Å²) in [5.41, 5.74) is 1.59. The molecule has 106 valence electrons. The van der Waals surface area contributed by atoms with Gasteiger partial charge in [-0.05, 0) is 71.5 Å². The first kappa shape index (κ1) is 15.9. The van der Waals surface area contributed by atoms with Gasteiger partial charge < -0.3 is 5.32 Å². The molecular weight excluding hydrogens is 439 g/mol. The van der Waals surface area contributed by atoms with Gasteiger partial charge in [0.2, 0.25) is 0 Å².